The number of aliphatic hydroxyl groups excluding tert-OH is 1. The third-order valence-electron chi connectivity index (χ3n) is 8.85. The Balaban J connectivity index is 1.42. The first-order valence-corrected chi connectivity index (χ1v) is 24.4. The second-order valence-electron chi connectivity index (χ2n) is 15.4. The molecule has 5 heterocycles. The number of azide groups is 1. The van der Waals surface area contributed by atoms with Gasteiger partial charge in [0.15, 0.2) is 23.8 Å². The molecule has 3 aromatic rings. The number of rotatable bonds is 20. The van der Waals surface area contributed by atoms with Crippen LogP contribution in [0.2, 0.25) is 0 Å². The van der Waals surface area contributed by atoms with Gasteiger partial charge in [-0.1, -0.05) is 40.5 Å². The topological polar surface area (TPSA) is 405 Å². The number of fused-ring (bicyclic) bond motifs is 1. The van der Waals surface area contributed by atoms with Crippen LogP contribution in [0.5, 0.6) is 0 Å². The molecule has 2 saturated heterocycles. The Morgan fingerprint density at radius 3 is 2.47 bits per heavy atom. The molecule has 9 N–H and O–H groups in total. The number of aliphatic hydroxyl groups is 1. The van der Waals surface area contributed by atoms with Gasteiger partial charge in [-0.05, 0) is 38.8 Å². The maximum absolute atomic E-state index is 14.2. The molecule has 354 valence electrons. The Morgan fingerprint density at radius 2 is 1.81 bits per heavy atom. The van der Waals surface area contributed by atoms with Crippen LogP contribution in [0.3, 0.4) is 0 Å². The van der Waals surface area contributed by atoms with Crippen molar-refractivity contribution in [1.82, 2.24) is 34.4 Å². The number of nitrogen functional groups attached to an aromatic ring is 2. The van der Waals surface area contributed by atoms with E-state index in [4.69, 9.17) is 45.0 Å². The van der Waals surface area contributed by atoms with E-state index in [1.165, 1.54) is 44.7 Å². The van der Waals surface area contributed by atoms with Gasteiger partial charge in [0.1, 0.15) is 59.9 Å². The molecule has 2 aliphatic rings. The molecular weight excluding hydrogens is 935 g/mol. The van der Waals surface area contributed by atoms with Crippen LogP contribution in [0.4, 0.5) is 16.4 Å². The second kappa shape index (κ2) is 21.5. The summed E-state index contributed by atoms with van der Waals surface area (Å²) in [7, 11) is -7.64. The van der Waals surface area contributed by atoms with Gasteiger partial charge in [-0.3, -0.25) is 22.7 Å². The molecule has 1 amide bonds. The van der Waals surface area contributed by atoms with Crippen molar-refractivity contribution in [2.75, 3.05) is 31.2 Å². The number of esters is 1. The molecule has 0 bridgehead atoms. The number of anilines is 2. The number of ether oxygens (including phenoxy) is 4. The number of phosphoric ester groups is 2. The van der Waals surface area contributed by atoms with Crippen molar-refractivity contribution in [3.8, 4) is 0 Å². The minimum atomic E-state index is -5.27. The zero-order chi connectivity index (χ0) is 47.1. The summed E-state index contributed by atoms with van der Waals surface area (Å²) in [5.41, 5.74) is 18.9. The van der Waals surface area contributed by atoms with Crippen molar-refractivity contribution in [3.63, 3.8) is 0 Å². The number of hydrogen-bond acceptors (Lipinski definition) is 22. The van der Waals surface area contributed by atoms with Crippen LogP contribution in [0.1, 0.15) is 59.9 Å². The molecule has 2 fully saturated rings. The Kier molecular flexibility index (Phi) is 17.1. The Hall–Kier alpha value is -4.12. The SMILES string of the molecule is CC(C)SSC(CN=[N+]=[N-])CC(NC(=O)OC(C)(C)C)C(=O)O[C@H]1[C@@H](O)[C@H](n2cnc3c(N)ncnc32)O[C@H]1COP(=O)(O)O[C@H]1CC(n2ccc(N)nc2=O)O[C@@H]1COP(=O)(O)O. The van der Waals surface area contributed by atoms with E-state index in [-0.39, 0.29) is 47.4 Å². The predicted octanol–water partition coefficient (Wildman–Crippen LogP) is 2.07. The van der Waals surface area contributed by atoms with E-state index in [2.05, 4.69) is 39.8 Å². The van der Waals surface area contributed by atoms with Gasteiger partial charge < -0.3 is 55.5 Å². The number of amides is 1. The van der Waals surface area contributed by atoms with E-state index in [1.54, 1.807) is 20.8 Å². The van der Waals surface area contributed by atoms with Crippen LogP contribution in [0.15, 0.2) is 34.8 Å². The molecule has 64 heavy (non-hydrogen) atoms. The van der Waals surface area contributed by atoms with Gasteiger partial charge in [0.25, 0.3) is 0 Å². The van der Waals surface area contributed by atoms with E-state index in [0.29, 0.717) is 0 Å². The van der Waals surface area contributed by atoms with Gasteiger partial charge in [-0.2, -0.15) is 4.98 Å². The van der Waals surface area contributed by atoms with Crippen molar-refractivity contribution in [2.24, 2.45) is 5.11 Å². The van der Waals surface area contributed by atoms with Crippen molar-refractivity contribution in [2.45, 2.75) is 113 Å². The Morgan fingerprint density at radius 1 is 1.09 bits per heavy atom. The van der Waals surface area contributed by atoms with Gasteiger partial charge in [-0.15, -0.1) is 0 Å². The van der Waals surface area contributed by atoms with Crippen LogP contribution in [-0.2, 0) is 46.4 Å². The first-order valence-electron chi connectivity index (χ1n) is 19.1. The molecular formula is C32H48N12O16P2S2. The fourth-order valence-electron chi connectivity index (χ4n) is 6.21. The monoisotopic (exact) mass is 982 g/mol. The minimum absolute atomic E-state index is 0.0162. The maximum Gasteiger partial charge on any atom is 0.472 e. The van der Waals surface area contributed by atoms with Crippen LogP contribution in [0.25, 0.3) is 21.6 Å². The summed E-state index contributed by atoms with van der Waals surface area (Å²) in [5.74, 6) is -1.25. The first kappa shape index (κ1) is 50.9. The number of imidazole rings is 1. The molecule has 4 unspecified atom stereocenters. The smallest absolute Gasteiger partial charge is 0.455 e. The van der Waals surface area contributed by atoms with Gasteiger partial charge >= 0.3 is 33.4 Å². The number of alkyl carbamates (subject to hydrolysis) is 1. The van der Waals surface area contributed by atoms with Gasteiger partial charge in [-0.25, -0.2) is 38.5 Å². The van der Waals surface area contributed by atoms with Crippen molar-refractivity contribution < 1.29 is 71.0 Å². The average molecular weight is 983 g/mol. The standard InChI is InChI=1S/C32H48N12O16P2S2/c1-15(2)63-64-16(10-39-42-35)8-17(40-31(48)59-32(3,4)5)29(46)58-25-20(57-28(24(25)45)44-14-38-23-26(34)36-13-37-27(23)44)12-55-62(52,53)60-18-9-22(43-7-6-21(33)41-30(43)47)56-19(18)11-54-61(49,50)51/h6-7,13-20,22,24-25,28,45H,8-12H2,1-5H3,(H,40,48)(H,52,53)(H2,33,41,47)(H2,34,36,37)(H2,49,50,51)/t16?,17?,18-,19+,20-,22?,24+,25+,28+/m0/s1. The molecule has 32 heteroatoms. The summed E-state index contributed by atoms with van der Waals surface area (Å²) in [6.07, 6.45) is -8.76. The van der Waals surface area contributed by atoms with Crippen molar-refractivity contribution in [1.29, 1.82) is 0 Å². The molecule has 28 nitrogen and oxygen atoms in total. The lowest BCUT2D eigenvalue weighted by Gasteiger charge is -2.28. The van der Waals surface area contributed by atoms with Crippen LogP contribution in [0, 0.1) is 0 Å². The second-order valence-corrected chi connectivity index (χ2v) is 21.1. The summed E-state index contributed by atoms with van der Waals surface area (Å²) in [5, 5.41) is 17.5. The molecule has 10 atom stereocenters. The van der Waals surface area contributed by atoms with Crippen molar-refractivity contribution >= 4 is 72.1 Å². The number of aromatic nitrogens is 6. The van der Waals surface area contributed by atoms with Gasteiger partial charge in [0.2, 0.25) is 0 Å². The number of phosphoric acid groups is 2. The van der Waals surface area contributed by atoms with E-state index >= 15 is 0 Å². The van der Waals surface area contributed by atoms with Crippen LogP contribution in [-0.4, -0.2) is 133 Å². The highest BCUT2D eigenvalue weighted by molar-refractivity contribution is 8.77. The van der Waals surface area contributed by atoms with E-state index in [9.17, 15) is 43.3 Å². The van der Waals surface area contributed by atoms with Crippen LogP contribution >= 0.6 is 37.2 Å². The molecule has 0 saturated carbocycles. The largest absolute Gasteiger partial charge is 0.472 e. The quantitative estimate of drug-likeness (QED) is 0.0213. The number of carbonyl (C=O) groups is 2. The molecule has 0 aromatic carbocycles. The summed E-state index contributed by atoms with van der Waals surface area (Å²) in [6.45, 7) is 6.76. The van der Waals surface area contributed by atoms with Gasteiger partial charge in [0, 0.05) is 34.6 Å². The molecule has 0 aliphatic carbocycles. The van der Waals surface area contributed by atoms with E-state index in [1.807, 2.05) is 13.8 Å². The number of carbonyl (C=O) groups excluding carboxylic acids is 2. The molecule has 2 aliphatic heterocycles. The highest BCUT2D eigenvalue weighted by Gasteiger charge is 2.50. The molecule has 5 rings (SSSR count). The zero-order valence-corrected chi connectivity index (χ0v) is 38.1. The van der Waals surface area contributed by atoms with Gasteiger partial charge in [0.05, 0.1) is 19.5 Å². The normalized spacial score (nSPS) is 24.5. The summed E-state index contributed by atoms with van der Waals surface area (Å²) >= 11 is 0. The number of hydrogen-bond donors (Lipinski definition) is 7. The summed E-state index contributed by atoms with van der Waals surface area (Å²) in [4.78, 5) is 88.1. The number of nitrogens with zero attached hydrogens (tertiary/aromatic N) is 9. The lowest BCUT2D eigenvalue weighted by molar-refractivity contribution is -0.159. The summed E-state index contributed by atoms with van der Waals surface area (Å²) < 4.78 is 65.7. The third-order valence-corrected chi connectivity index (χ3v) is 13.8. The molecule has 3 aromatic heterocycles. The number of nitrogens with one attached hydrogen (secondary N) is 1. The van der Waals surface area contributed by atoms with E-state index < -0.39 is 106 Å². The Labute approximate surface area is 371 Å². The lowest BCUT2D eigenvalue weighted by Crippen LogP contribution is -2.49. The maximum atomic E-state index is 14.2. The predicted molar refractivity (Wildman–Crippen MR) is 226 cm³/mol. The first-order chi connectivity index (χ1) is 29.9. The average Bonchev–Trinajstić information content (AvgIpc) is 3.88. The fourth-order valence-corrected chi connectivity index (χ4v) is 9.84. The van der Waals surface area contributed by atoms with Crippen LogP contribution < -0.4 is 22.5 Å². The number of nitrogens with two attached hydrogens (primary N) is 2. The third kappa shape index (κ3) is 14.2. The van der Waals surface area contributed by atoms with E-state index in [0.717, 1.165) is 10.9 Å². The highest BCUT2D eigenvalue weighted by Crippen LogP contribution is 2.50. The molecule has 0 spiro atoms. The Bertz CT molecular complexity index is 2330. The lowest BCUT2D eigenvalue weighted by atomic mass is 10.1. The van der Waals surface area contributed by atoms with Crippen molar-refractivity contribution in [3.05, 3.63) is 45.8 Å². The summed E-state index contributed by atoms with van der Waals surface area (Å²) in [6, 6.07) is -0.217. The highest BCUT2D eigenvalue weighted by atomic mass is 33.1. The minimum Gasteiger partial charge on any atom is -0.455 e. The molecule has 0 radical (unpaired) electrons. The fraction of sp³-hybridized carbons (Fsp3) is 0.656. The zero-order valence-electron chi connectivity index (χ0n) is 34.7.